The lowest BCUT2D eigenvalue weighted by molar-refractivity contribution is 0.234. The molecule has 0 unspecified atom stereocenters. The summed E-state index contributed by atoms with van der Waals surface area (Å²) in [6.45, 7) is 0.595. The number of halogens is 2. The van der Waals surface area contributed by atoms with E-state index in [-0.39, 0.29) is 6.61 Å². The van der Waals surface area contributed by atoms with Gasteiger partial charge >= 0.3 is 5.76 Å². The van der Waals surface area contributed by atoms with Crippen molar-refractivity contribution in [2.24, 2.45) is 5.73 Å². The fourth-order valence-corrected chi connectivity index (χ4v) is 1.73. The Bertz CT molecular complexity index is 431. The van der Waals surface area contributed by atoms with Crippen LogP contribution in [0.2, 0.25) is 0 Å². The van der Waals surface area contributed by atoms with Crippen molar-refractivity contribution >= 4 is 9.84 Å². The maximum absolute atomic E-state index is 12.2. The molecule has 4 nitrogen and oxygen atoms in total. The van der Waals surface area contributed by atoms with E-state index >= 15 is 0 Å². The number of alkyl halides is 2. The first kappa shape index (κ1) is 12.9. The normalized spacial score (nSPS) is 11.8. The van der Waals surface area contributed by atoms with Crippen LogP contribution in [-0.2, 0) is 9.84 Å². The number of sulfone groups is 1. The topological polar surface area (TPSA) is 69.4 Å². The second-order valence-corrected chi connectivity index (χ2v) is 4.83. The van der Waals surface area contributed by atoms with Crippen molar-refractivity contribution < 1.29 is 21.9 Å². The van der Waals surface area contributed by atoms with Crippen LogP contribution in [0.15, 0.2) is 29.2 Å². The van der Waals surface area contributed by atoms with Gasteiger partial charge in [-0.1, -0.05) is 0 Å². The quantitative estimate of drug-likeness (QED) is 0.848. The van der Waals surface area contributed by atoms with E-state index < -0.39 is 20.5 Å². The minimum atomic E-state index is -4.53. The van der Waals surface area contributed by atoms with E-state index in [4.69, 9.17) is 10.5 Å². The van der Waals surface area contributed by atoms with Crippen LogP contribution >= 0.6 is 0 Å². The highest BCUT2D eigenvalue weighted by atomic mass is 32.2. The molecule has 0 spiro atoms. The van der Waals surface area contributed by atoms with Crippen molar-refractivity contribution in [2.45, 2.75) is 10.7 Å². The lowest BCUT2D eigenvalue weighted by Gasteiger charge is -2.06. The van der Waals surface area contributed by atoms with Gasteiger partial charge in [0.2, 0.25) is 9.84 Å². The summed E-state index contributed by atoms with van der Waals surface area (Å²) in [5.74, 6) is -3.03. The molecular formula is C9H11F2NO3S. The standard InChI is InChI=1S/C9H11F2NO3S/c10-9(11)16(13,14)8-3-1-7(2-4-8)15-6-5-12/h1-4,9H,5-6,12H2. The fourth-order valence-electron chi connectivity index (χ4n) is 1.01. The predicted molar refractivity (Wildman–Crippen MR) is 54.2 cm³/mol. The van der Waals surface area contributed by atoms with Gasteiger partial charge in [-0.3, -0.25) is 0 Å². The second kappa shape index (κ2) is 5.22. The highest BCUT2D eigenvalue weighted by Crippen LogP contribution is 2.21. The van der Waals surface area contributed by atoms with Crippen molar-refractivity contribution in [3.8, 4) is 5.75 Å². The van der Waals surface area contributed by atoms with Gasteiger partial charge < -0.3 is 10.5 Å². The molecule has 0 radical (unpaired) electrons. The van der Waals surface area contributed by atoms with E-state index in [1.807, 2.05) is 0 Å². The van der Waals surface area contributed by atoms with Crippen LogP contribution in [0.1, 0.15) is 0 Å². The number of benzene rings is 1. The van der Waals surface area contributed by atoms with E-state index in [1.165, 1.54) is 12.1 Å². The molecule has 0 amide bonds. The van der Waals surface area contributed by atoms with E-state index in [0.717, 1.165) is 12.1 Å². The van der Waals surface area contributed by atoms with Gasteiger partial charge in [-0.25, -0.2) is 8.42 Å². The summed E-state index contributed by atoms with van der Waals surface area (Å²) in [4.78, 5) is -0.428. The smallest absolute Gasteiger partial charge is 0.341 e. The summed E-state index contributed by atoms with van der Waals surface area (Å²) in [5.41, 5.74) is 5.20. The van der Waals surface area contributed by atoms with E-state index in [9.17, 15) is 17.2 Å². The van der Waals surface area contributed by atoms with Crippen molar-refractivity contribution in [3.63, 3.8) is 0 Å². The van der Waals surface area contributed by atoms with Crippen molar-refractivity contribution in [1.29, 1.82) is 0 Å². The van der Waals surface area contributed by atoms with Gasteiger partial charge in [-0.15, -0.1) is 0 Å². The minimum Gasteiger partial charge on any atom is -0.492 e. The van der Waals surface area contributed by atoms with Gasteiger partial charge in [0.1, 0.15) is 12.4 Å². The van der Waals surface area contributed by atoms with Crippen molar-refractivity contribution in [1.82, 2.24) is 0 Å². The van der Waals surface area contributed by atoms with Gasteiger partial charge in [0, 0.05) is 6.54 Å². The summed E-state index contributed by atoms with van der Waals surface area (Å²) in [5, 5.41) is 0. The number of hydrogen-bond acceptors (Lipinski definition) is 4. The Morgan fingerprint density at radius 3 is 2.25 bits per heavy atom. The highest BCUT2D eigenvalue weighted by molar-refractivity contribution is 7.91. The molecule has 2 N–H and O–H groups in total. The van der Waals surface area contributed by atoms with Crippen molar-refractivity contribution in [2.75, 3.05) is 13.2 Å². The molecule has 16 heavy (non-hydrogen) atoms. The molecule has 1 aromatic carbocycles. The van der Waals surface area contributed by atoms with Crippen LogP contribution in [0.25, 0.3) is 0 Å². The Kier molecular flexibility index (Phi) is 4.19. The third-order valence-electron chi connectivity index (χ3n) is 1.77. The predicted octanol–water partition coefficient (Wildman–Crippen LogP) is 1.02. The zero-order valence-electron chi connectivity index (χ0n) is 8.27. The summed E-state index contributed by atoms with van der Waals surface area (Å²) in [7, 11) is -4.53. The first-order valence-electron chi connectivity index (χ1n) is 4.43. The van der Waals surface area contributed by atoms with Gasteiger partial charge in [0.25, 0.3) is 0 Å². The molecule has 0 heterocycles. The summed E-state index contributed by atoms with van der Waals surface area (Å²) in [6.07, 6.45) is 0. The van der Waals surface area contributed by atoms with Crippen LogP contribution in [0.3, 0.4) is 0 Å². The molecule has 90 valence electrons. The molecule has 0 aliphatic heterocycles. The van der Waals surface area contributed by atoms with E-state index in [2.05, 4.69) is 0 Å². The van der Waals surface area contributed by atoms with Crippen LogP contribution in [0.4, 0.5) is 8.78 Å². The third-order valence-corrected chi connectivity index (χ3v) is 3.17. The molecule has 7 heteroatoms. The Labute approximate surface area is 91.9 Å². The Morgan fingerprint density at radius 1 is 1.25 bits per heavy atom. The van der Waals surface area contributed by atoms with Crippen molar-refractivity contribution in [3.05, 3.63) is 24.3 Å². The zero-order chi connectivity index (χ0) is 12.2. The van der Waals surface area contributed by atoms with Gasteiger partial charge in [-0.05, 0) is 24.3 Å². The maximum Gasteiger partial charge on any atom is 0.341 e. The third kappa shape index (κ3) is 2.89. The number of nitrogens with two attached hydrogens (primary N) is 1. The molecule has 0 aliphatic carbocycles. The van der Waals surface area contributed by atoms with E-state index in [1.54, 1.807) is 0 Å². The SMILES string of the molecule is NCCOc1ccc(S(=O)(=O)C(F)F)cc1. The summed E-state index contributed by atoms with van der Waals surface area (Å²) in [6, 6.07) is 4.77. The molecule has 0 bridgehead atoms. The maximum atomic E-state index is 12.2. The summed E-state index contributed by atoms with van der Waals surface area (Å²) >= 11 is 0. The average Bonchev–Trinajstić information content (AvgIpc) is 2.26. The van der Waals surface area contributed by atoms with Crippen LogP contribution in [0, 0.1) is 0 Å². The molecule has 1 rings (SSSR count). The number of rotatable bonds is 5. The Hall–Kier alpha value is -1.21. The number of ether oxygens (including phenoxy) is 1. The lowest BCUT2D eigenvalue weighted by Crippen LogP contribution is -2.12. The molecule has 0 saturated heterocycles. The monoisotopic (exact) mass is 251 g/mol. The largest absolute Gasteiger partial charge is 0.492 e. The van der Waals surface area contributed by atoms with E-state index in [0.29, 0.717) is 12.3 Å². The lowest BCUT2D eigenvalue weighted by atomic mass is 10.3. The number of hydrogen-bond donors (Lipinski definition) is 1. The fraction of sp³-hybridized carbons (Fsp3) is 0.333. The van der Waals surface area contributed by atoms with Crippen LogP contribution in [-0.4, -0.2) is 27.3 Å². The molecule has 0 atom stereocenters. The van der Waals surface area contributed by atoms with Crippen LogP contribution in [0.5, 0.6) is 5.75 Å². The molecule has 0 aromatic heterocycles. The van der Waals surface area contributed by atoms with Gasteiger partial charge in [0.05, 0.1) is 4.90 Å². The summed E-state index contributed by atoms with van der Waals surface area (Å²) < 4.78 is 51.5. The molecular weight excluding hydrogens is 240 g/mol. The van der Waals surface area contributed by atoms with Crippen LogP contribution < -0.4 is 10.5 Å². The first-order chi connectivity index (χ1) is 7.48. The average molecular weight is 251 g/mol. The zero-order valence-corrected chi connectivity index (χ0v) is 9.08. The molecule has 0 saturated carbocycles. The molecule has 0 aliphatic rings. The highest BCUT2D eigenvalue weighted by Gasteiger charge is 2.26. The minimum absolute atomic E-state index is 0.279. The molecule has 0 fully saturated rings. The Morgan fingerprint density at radius 2 is 1.81 bits per heavy atom. The Balaban J connectivity index is 2.87. The van der Waals surface area contributed by atoms with Gasteiger partial charge in [0.15, 0.2) is 0 Å². The molecule has 1 aromatic rings. The second-order valence-electron chi connectivity index (χ2n) is 2.91. The van der Waals surface area contributed by atoms with Gasteiger partial charge in [-0.2, -0.15) is 8.78 Å². The first-order valence-corrected chi connectivity index (χ1v) is 5.98.